The Kier molecular flexibility index (Phi) is 4.62. The van der Waals surface area contributed by atoms with Crippen molar-refractivity contribution in [1.82, 2.24) is 0 Å². The Labute approximate surface area is 92.6 Å². The molecule has 0 aliphatic heterocycles. The van der Waals surface area contributed by atoms with Crippen molar-refractivity contribution in [2.75, 3.05) is 0 Å². The van der Waals surface area contributed by atoms with Crippen LogP contribution in [0, 0.1) is 6.07 Å². The molecule has 1 aromatic rings. The standard InChI is InChI=1S/C15H17/c1-4-7-13-10-11-14(8-5-2)15(12-13)9-6-3/h4-11H,1-3H3/b7-4-,8-5-,9-6-. The molecule has 0 amide bonds. The lowest BCUT2D eigenvalue weighted by Gasteiger charge is -2.02. The SMILES string of the molecule is C/C=C\c1[c]c(/C=C\C)c(/C=C\C)cc1. The molecule has 1 radical (unpaired) electrons. The number of hydrogen-bond donors (Lipinski definition) is 0. The Hall–Kier alpha value is -1.56. The van der Waals surface area contributed by atoms with E-state index >= 15 is 0 Å². The van der Waals surface area contributed by atoms with Crippen LogP contribution in [0.5, 0.6) is 0 Å². The molecule has 0 unspecified atom stereocenters. The van der Waals surface area contributed by atoms with Crippen molar-refractivity contribution in [3.8, 4) is 0 Å². The van der Waals surface area contributed by atoms with E-state index < -0.39 is 0 Å². The molecular weight excluding hydrogens is 180 g/mol. The molecule has 1 rings (SSSR count). The topological polar surface area (TPSA) is 0 Å². The van der Waals surface area contributed by atoms with Crippen molar-refractivity contribution >= 4 is 18.2 Å². The number of rotatable bonds is 3. The van der Waals surface area contributed by atoms with Crippen molar-refractivity contribution in [3.63, 3.8) is 0 Å². The first-order valence-electron chi connectivity index (χ1n) is 5.26. The summed E-state index contributed by atoms with van der Waals surface area (Å²) in [5.41, 5.74) is 3.48. The van der Waals surface area contributed by atoms with Crippen LogP contribution in [0.1, 0.15) is 37.5 Å². The average molecular weight is 197 g/mol. The van der Waals surface area contributed by atoms with Gasteiger partial charge in [-0.3, -0.25) is 0 Å². The summed E-state index contributed by atoms with van der Waals surface area (Å²) in [6.07, 6.45) is 12.4. The van der Waals surface area contributed by atoms with Gasteiger partial charge in [0.25, 0.3) is 0 Å². The minimum absolute atomic E-state index is 1.12. The third-order valence-electron chi connectivity index (χ3n) is 2.06. The van der Waals surface area contributed by atoms with Crippen LogP contribution in [0.15, 0.2) is 30.4 Å². The van der Waals surface area contributed by atoms with Crippen LogP contribution in [0.3, 0.4) is 0 Å². The fourth-order valence-corrected chi connectivity index (χ4v) is 1.44. The summed E-state index contributed by atoms with van der Waals surface area (Å²) < 4.78 is 0. The summed E-state index contributed by atoms with van der Waals surface area (Å²) in [5, 5.41) is 0. The van der Waals surface area contributed by atoms with Crippen LogP contribution < -0.4 is 0 Å². The third kappa shape index (κ3) is 3.25. The quantitative estimate of drug-likeness (QED) is 0.665. The molecule has 1 aromatic carbocycles. The molecule has 0 aliphatic rings. The highest BCUT2D eigenvalue weighted by Gasteiger charge is 1.97. The predicted molar refractivity (Wildman–Crippen MR) is 69.4 cm³/mol. The molecule has 0 aromatic heterocycles. The molecule has 0 heterocycles. The van der Waals surface area contributed by atoms with Gasteiger partial charge in [0.05, 0.1) is 0 Å². The first-order chi connectivity index (χ1) is 7.31. The Morgan fingerprint density at radius 2 is 1.53 bits per heavy atom. The van der Waals surface area contributed by atoms with Gasteiger partial charge in [0, 0.05) is 0 Å². The van der Waals surface area contributed by atoms with Crippen LogP contribution in [0.4, 0.5) is 0 Å². The molecule has 0 saturated heterocycles. The van der Waals surface area contributed by atoms with E-state index in [4.69, 9.17) is 0 Å². The Morgan fingerprint density at radius 3 is 2.13 bits per heavy atom. The average Bonchev–Trinajstić information content (AvgIpc) is 2.23. The van der Waals surface area contributed by atoms with Gasteiger partial charge >= 0.3 is 0 Å². The van der Waals surface area contributed by atoms with Gasteiger partial charge < -0.3 is 0 Å². The molecule has 0 aliphatic carbocycles. The van der Waals surface area contributed by atoms with E-state index in [0.717, 1.165) is 11.1 Å². The summed E-state index contributed by atoms with van der Waals surface area (Å²) in [5.74, 6) is 0. The van der Waals surface area contributed by atoms with Crippen LogP contribution >= 0.6 is 0 Å². The summed E-state index contributed by atoms with van der Waals surface area (Å²) in [7, 11) is 0. The van der Waals surface area contributed by atoms with E-state index in [9.17, 15) is 0 Å². The van der Waals surface area contributed by atoms with Gasteiger partial charge in [-0.1, -0.05) is 48.6 Å². The maximum Gasteiger partial charge on any atom is -0.00208 e. The van der Waals surface area contributed by atoms with E-state index in [1.165, 1.54) is 5.56 Å². The van der Waals surface area contributed by atoms with Crippen LogP contribution in [-0.2, 0) is 0 Å². The van der Waals surface area contributed by atoms with Gasteiger partial charge in [-0.15, -0.1) is 0 Å². The lowest BCUT2D eigenvalue weighted by Crippen LogP contribution is -1.83. The number of benzene rings is 1. The first-order valence-corrected chi connectivity index (χ1v) is 5.26. The molecule has 0 heteroatoms. The van der Waals surface area contributed by atoms with E-state index in [2.05, 4.69) is 36.4 Å². The lowest BCUT2D eigenvalue weighted by atomic mass is 10.0. The zero-order chi connectivity index (χ0) is 11.1. The monoisotopic (exact) mass is 197 g/mol. The third-order valence-corrected chi connectivity index (χ3v) is 2.06. The molecule has 0 spiro atoms. The summed E-state index contributed by atoms with van der Waals surface area (Å²) in [6, 6.07) is 7.59. The minimum Gasteiger partial charge on any atom is -0.0870 e. The predicted octanol–water partition coefficient (Wildman–Crippen LogP) is 4.59. The fourth-order valence-electron chi connectivity index (χ4n) is 1.44. The van der Waals surface area contributed by atoms with E-state index in [0.29, 0.717) is 0 Å². The number of allylic oxidation sites excluding steroid dienone is 3. The molecule has 0 saturated carbocycles. The highest BCUT2D eigenvalue weighted by atomic mass is 14.0. The van der Waals surface area contributed by atoms with Crippen molar-refractivity contribution in [2.45, 2.75) is 20.8 Å². The molecule has 0 bridgehead atoms. The highest BCUT2D eigenvalue weighted by molar-refractivity contribution is 5.67. The highest BCUT2D eigenvalue weighted by Crippen LogP contribution is 2.16. The lowest BCUT2D eigenvalue weighted by molar-refractivity contribution is 1.54. The largest absolute Gasteiger partial charge is 0.0870 e. The Bertz CT molecular complexity index is 392. The van der Waals surface area contributed by atoms with Gasteiger partial charge in [-0.05, 0) is 43.5 Å². The van der Waals surface area contributed by atoms with Gasteiger partial charge in [0.2, 0.25) is 0 Å². The smallest absolute Gasteiger partial charge is 0.00208 e. The molecule has 0 atom stereocenters. The van der Waals surface area contributed by atoms with Gasteiger partial charge in [0.1, 0.15) is 0 Å². The summed E-state index contributed by atoms with van der Waals surface area (Å²) >= 11 is 0. The van der Waals surface area contributed by atoms with Crippen LogP contribution in [0.2, 0.25) is 0 Å². The Balaban J connectivity index is 3.19. The molecule has 0 nitrogen and oxygen atoms in total. The molecular formula is C15H17. The molecule has 0 N–H and O–H groups in total. The van der Waals surface area contributed by atoms with E-state index in [-0.39, 0.29) is 0 Å². The molecule has 77 valence electrons. The summed E-state index contributed by atoms with van der Waals surface area (Å²) in [6.45, 7) is 6.07. The molecule has 0 fully saturated rings. The van der Waals surface area contributed by atoms with Crippen molar-refractivity contribution < 1.29 is 0 Å². The maximum absolute atomic E-state index is 3.37. The summed E-state index contributed by atoms with van der Waals surface area (Å²) in [4.78, 5) is 0. The van der Waals surface area contributed by atoms with Gasteiger partial charge in [0.15, 0.2) is 0 Å². The second-order valence-corrected chi connectivity index (χ2v) is 3.28. The van der Waals surface area contributed by atoms with Crippen molar-refractivity contribution in [1.29, 1.82) is 0 Å². The minimum atomic E-state index is 1.12. The van der Waals surface area contributed by atoms with Gasteiger partial charge in [-0.25, -0.2) is 0 Å². The van der Waals surface area contributed by atoms with Crippen molar-refractivity contribution in [2.24, 2.45) is 0 Å². The molecule has 15 heavy (non-hydrogen) atoms. The van der Waals surface area contributed by atoms with Crippen LogP contribution in [-0.4, -0.2) is 0 Å². The van der Waals surface area contributed by atoms with E-state index in [1.807, 2.05) is 39.0 Å². The number of hydrogen-bond acceptors (Lipinski definition) is 0. The first kappa shape index (κ1) is 11.5. The second kappa shape index (κ2) is 6.02. The van der Waals surface area contributed by atoms with E-state index in [1.54, 1.807) is 0 Å². The van der Waals surface area contributed by atoms with Gasteiger partial charge in [-0.2, -0.15) is 0 Å². The second-order valence-electron chi connectivity index (χ2n) is 3.28. The Morgan fingerprint density at radius 1 is 0.867 bits per heavy atom. The van der Waals surface area contributed by atoms with Crippen LogP contribution in [0.25, 0.3) is 18.2 Å². The van der Waals surface area contributed by atoms with Crippen molar-refractivity contribution in [3.05, 3.63) is 53.1 Å². The maximum atomic E-state index is 3.37. The fraction of sp³-hybridized carbons (Fsp3) is 0.200. The zero-order valence-electron chi connectivity index (χ0n) is 9.62. The normalized spacial score (nSPS) is 12.2. The zero-order valence-corrected chi connectivity index (χ0v) is 9.62.